The minimum absolute atomic E-state index is 0.00278. The van der Waals surface area contributed by atoms with Crippen molar-refractivity contribution in [1.29, 1.82) is 5.26 Å². The summed E-state index contributed by atoms with van der Waals surface area (Å²) < 4.78 is 1.85. The molecule has 0 aliphatic rings. The van der Waals surface area contributed by atoms with Gasteiger partial charge in [-0.15, -0.1) is 10.2 Å². The van der Waals surface area contributed by atoms with Crippen molar-refractivity contribution in [2.75, 3.05) is 5.32 Å². The maximum absolute atomic E-state index is 8.99. The Kier molecular flexibility index (Phi) is 3.06. The van der Waals surface area contributed by atoms with Crippen molar-refractivity contribution in [3.05, 3.63) is 42.0 Å². The second kappa shape index (κ2) is 4.66. The first-order chi connectivity index (χ1) is 8.22. The minimum Gasteiger partial charge on any atom is -0.374 e. The fourth-order valence-corrected chi connectivity index (χ4v) is 1.69. The molecule has 0 amide bonds. The van der Waals surface area contributed by atoms with Crippen molar-refractivity contribution in [2.45, 2.75) is 13.0 Å². The molecular formula is C12H13N5. The third-order valence-corrected chi connectivity index (χ3v) is 2.55. The van der Waals surface area contributed by atoms with Crippen LogP contribution in [0.25, 0.3) is 0 Å². The molecule has 0 bridgehead atoms. The number of para-hydroxylation sites is 1. The number of nitrogens with zero attached hydrogens (tertiary/aromatic N) is 4. The standard InChI is InChI=1S/C12H13N5/c1-9(12-16-14-8-17(12)2)15-11-6-4-3-5-10(11)7-13/h3-6,8-9,15H,1-2H3. The number of anilines is 1. The average Bonchev–Trinajstić information content (AvgIpc) is 2.76. The first-order valence-corrected chi connectivity index (χ1v) is 5.32. The van der Waals surface area contributed by atoms with E-state index in [1.54, 1.807) is 12.4 Å². The van der Waals surface area contributed by atoms with E-state index in [0.29, 0.717) is 5.56 Å². The van der Waals surface area contributed by atoms with Crippen LogP contribution < -0.4 is 5.32 Å². The first kappa shape index (κ1) is 11.1. The van der Waals surface area contributed by atoms with E-state index >= 15 is 0 Å². The second-order valence-corrected chi connectivity index (χ2v) is 3.82. The van der Waals surface area contributed by atoms with Gasteiger partial charge in [-0.3, -0.25) is 0 Å². The van der Waals surface area contributed by atoms with Gasteiger partial charge >= 0.3 is 0 Å². The van der Waals surface area contributed by atoms with E-state index in [4.69, 9.17) is 5.26 Å². The van der Waals surface area contributed by atoms with Crippen LogP contribution in [0.1, 0.15) is 24.4 Å². The minimum atomic E-state index is -0.00278. The molecule has 2 rings (SSSR count). The van der Waals surface area contributed by atoms with Crippen LogP contribution in [-0.4, -0.2) is 14.8 Å². The lowest BCUT2D eigenvalue weighted by Crippen LogP contribution is -2.12. The summed E-state index contributed by atoms with van der Waals surface area (Å²) in [6.45, 7) is 1.98. The smallest absolute Gasteiger partial charge is 0.154 e. The monoisotopic (exact) mass is 227 g/mol. The predicted molar refractivity (Wildman–Crippen MR) is 64.2 cm³/mol. The number of rotatable bonds is 3. The van der Waals surface area contributed by atoms with E-state index in [9.17, 15) is 0 Å². The van der Waals surface area contributed by atoms with Crippen LogP contribution in [0, 0.1) is 11.3 Å². The van der Waals surface area contributed by atoms with E-state index in [0.717, 1.165) is 11.5 Å². The van der Waals surface area contributed by atoms with Crippen LogP contribution >= 0.6 is 0 Å². The summed E-state index contributed by atoms with van der Waals surface area (Å²) in [5.41, 5.74) is 1.44. The highest BCUT2D eigenvalue weighted by Gasteiger charge is 2.12. The predicted octanol–water partition coefficient (Wildman–Crippen LogP) is 1.86. The van der Waals surface area contributed by atoms with Crippen LogP contribution in [-0.2, 0) is 7.05 Å². The Balaban J connectivity index is 2.22. The molecule has 0 aliphatic heterocycles. The molecule has 1 unspecified atom stereocenters. The normalized spacial score (nSPS) is 11.8. The van der Waals surface area contributed by atoms with Crippen molar-refractivity contribution < 1.29 is 0 Å². The highest BCUT2D eigenvalue weighted by molar-refractivity contribution is 5.57. The Morgan fingerprint density at radius 2 is 2.18 bits per heavy atom. The molecule has 17 heavy (non-hydrogen) atoms. The molecule has 2 aromatic rings. The molecule has 1 N–H and O–H groups in total. The zero-order chi connectivity index (χ0) is 12.3. The zero-order valence-electron chi connectivity index (χ0n) is 9.75. The lowest BCUT2D eigenvalue weighted by Gasteiger charge is -2.15. The molecule has 0 fully saturated rings. The lowest BCUT2D eigenvalue weighted by molar-refractivity contribution is 0.719. The highest BCUT2D eigenvalue weighted by Crippen LogP contribution is 2.20. The van der Waals surface area contributed by atoms with Crippen molar-refractivity contribution in [3.63, 3.8) is 0 Å². The van der Waals surface area contributed by atoms with Gasteiger partial charge in [0.2, 0.25) is 0 Å². The Bertz CT molecular complexity index is 552. The molecule has 0 saturated heterocycles. The van der Waals surface area contributed by atoms with E-state index in [1.807, 2.05) is 36.7 Å². The summed E-state index contributed by atoms with van der Waals surface area (Å²) in [4.78, 5) is 0. The van der Waals surface area contributed by atoms with Crippen molar-refractivity contribution >= 4 is 5.69 Å². The number of hydrogen-bond acceptors (Lipinski definition) is 4. The van der Waals surface area contributed by atoms with Crippen molar-refractivity contribution in [2.24, 2.45) is 7.05 Å². The van der Waals surface area contributed by atoms with Crippen LogP contribution in [0.2, 0.25) is 0 Å². The maximum atomic E-state index is 8.99. The summed E-state index contributed by atoms with van der Waals surface area (Å²) in [6, 6.07) is 9.56. The molecule has 5 nitrogen and oxygen atoms in total. The molecule has 1 aromatic heterocycles. The van der Waals surface area contributed by atoms with Gasteiger partial charge < -0.3 is 9.88 Å². The van der Waals surface area contributed by atoms with E-state index in [1.165, 1.54) is 0 Å². The Morgan fingerprint density at radius 3 is 2.82 bits per heavy atom. The summed E-state index contributed by atoms with van der Waals surface area (Å²) in [5, 5.41) is 20.1. The SMILES string of the molecule is CC(Nc1ccccc1C#N)c1nncn1C. The molecular weight excluding hydrogens is 214 g/mol. The molecule has 0 aliphatic carbocycles. The van der Waals surface area contributed by atoms with Gasteiger partial charge in [0.15, 0.2) is 5.82 Å². The number of aromatic nitrogens is 3. The lowest BCUT2D eigenvalue weighted by atomic mass is 10.2. The largest absolute Gasteiger partial charge is 0.374 e. The topological polar surface area (TPSA) is 66.5 Å². The van der Waals surface area contributed by atoms with Gasteiger partial charge in [0.05, 0.1) is 17.3 Å². The zero-order valence-corrected chi connectivity index (χ0v) is 9.75. The van der Waals surface area contributed by atoms with Crippen LogP contribution in [0.4, 0.5) is 5.69 Å². The fraction of sp³-hybridized carbons (Fsp3) is 0.250. The van der Waals surface area contributed by atoms with Crippen molar-refractivity contribution in [1.82, 2.24) is 14.8 Å². The molecule has 0 radical (unpaired) electrons. The summed E-state index contributed by atoms with van der Waals surface area (Å²) >= 11 is 0. The first-order valence-electron chi connectivity index (χ1n) is 5.32. The van der Waals surface area contributed by atoms with Crippen LogP contribution in [0.3, 0.4) is 0 Å². The van der Waals surface area contributed by atoms with Gasteiger partial charge in [-0.25, -0.2) is 0 Å². The Hall–Kier alpha value is -2.35. The molecule has 0 saturated carbocycles. The van der Waals surface area contributed by atoms with Gasteiger partial charge in [-0.1, -0.05) is 12.1 Å². The van der Waals surface area contributed by atoms with Gasteiger partial charge in [0.1, 0.15) is 12.4 Å². The summed E-state index contributed by atoms with van der Waals surface area (Å²) in [6.07, 6.45) is 1.66. The highest BCUT2D eigenvalue weighted by atomic mass is 15.3. The van der Waals surface area contributed by atoms with Gasteiger partial charge in [-0.2, -0.15) is 5.26 Å². The van der Waals surface area contributed by atoms with E-state index in [-0.39, 0.29) is 6.04 Å². The Labute approximate surface area is 99.7 Å². The second-order valence-electron chi connectivity index (χ2n) is 3.82. The number of aryl methyl sites for hydroxylation is 1. The number of benzene rings is 1. The van der Waals surface area contributed by atoms with E-state index in [2.05, 4.69) is 21.6 Å². The van der Waals surface area contributed by atoms with Crippen LogP contribution in [0.15, 0.2) is 30.6 Å². The van der Waals surface area contributed by atoms with Gasteiger partial charge in [-0.05, 0) is 19.1 Å². The third kappa shape index (κ3) is 2.26. The fourth-order valence-electron chi connectivity index (χ4n) is 1.69. The average molecular weight is 227 g/mol. The molecule has 1 aromatic carbocycles. The maximum Gasteiger partial charge on any atom is 0.154 e. The summed E-state index contributed by atoms with van der Waals surface area (Å²) in [5.74, 6) is 0.831. The van der Waals surface area contributed by atoms with Crippen molar-refractivity contribution in [3.8, 4) is 6.07 Å². The number of nitrogens with one attached hydrogen (secondary N) is 1. The van der Waals surface area contributed by atoms with E-state index < -0.39 is 0 Å². The van der Waals surface area contributed by atoms with Crippen LogP contribution in [0.5, 0.6) is 0 Å². The third-order valence-electron chi connectivity index (χ3n) is 2.55. The quantitative estimate of drug-likeness (QED) is 0.869. The summed E-state index contributed by atoms with van der Waals surface area (Å²) in [7, 11) is 1.89. The van der Waals surface area contributed by atoms with Gasteiger partial charge in [0, 0.05) is 7.05 Å². The van der Waals surface area contributed by atoms with Gasteiger partial charge in [0.25, 0.3) is 0 Å². The Morgan fingerprint density at radius 1 is 1.41 bits per heavy atom. The number of nitriles is 1. The number of hydrogen-bond donors (Lipinski definition) is 1. The molecule has 1 heterocycles. The molecule has 5 heteroatoms. The molecule has 1 atom stereocenters. The molecule has 0 spiro atoms. The molecule has 86 valence electrons.